The second kappa shape index (κ2) is 7.41. The highest BCUT2D eigenvalue weighted by atomic mass is 79.9. The van der Waals surface area contributed by atoms with E-state index in [2.05, 4.69) is 32.8 Å². The molecule has 1 fully saturated rings. The lowest BCUT2D eigenvalue weighted by molar-refractivity contribution is 0.131. The van der Waals surface area contributed by atoms with Crippen LogP contribution in [0.4, 0.5) is 0 Å². The van der Waals surface area contributed by atoms with Gasteiger partial charge in [-0.25, -0.2) is 0 Å². The fourth-order valence-electron chi connectivity index (χ4n) is 2.33. The van der Waals surface area contributed by atoms with Gasteiger partial charge in [0.15, 0.2) is 0 Å². The maximum Gasteiger partial charge on any atom is 0.126 e. The summed E-state index contributed by atoms with van der Waals surface area (Å²) in [5.41, 5.74) is 0.839. The van der Waals surface area contributed by atoms with E-state index in [-0.39, 0.29) is 0 Å². The lowest BCUT2D eigenvalue weighted by Gasteiger charge is -2.32. The molecule has 2 rings (SSSR count). The molecule has 20 heavy (non-hydrogen) atoms. The van der Waals surface area contributed by atoms with Crippen LogP contribution in [0, 0.1) is 0 Å². The van der Waals surface area contributed by atoms with Crippen molar-refractivity contribution in [1.82, 2.24) is 9.80 Å². The van der Waals surface area contributed by atoms with Crippen molar-refractivity contribution in [1.29, 1.82) is 0 Å². The van der Waals surface area contributed by atoms with Crippen LogP contribution in [-0.2, 0) is 0 Å². The normalized spacial score (nSPS) is 19.0. The van der Waals surface area contributed by atoms with E-state index in [0.29, 0.717) is 6.61 Å². The smallest absolute Gasteiger partial charge is 0.126 e. The summed E-state index contributed by atoms with van der Waals surface area (Å²) in [6.07, 6.45) is -0.512. The number of nitrogens with zero attached hydrogens (tertiary/aromatic N) is 2. The molecule has 0 unspecified atom stereocenters. The van der Waals surface area contributed by atoms with Crippen molar-refractivity contribution < 1.29 is 9.84 Å². The largest absolute Gasteiger partial charge is 0.492 e. The Balaban J connectivity index is 1.86. The predicted octanol–water partition coefficient (Wildman–Crippen LogP) is 2.13. The molecule has 0 bridgehead atoms. The average molecular weight is 343 g/mol. The standard InChI is InChI=1S/C15H23BrN2O2/c1-12(19)14-4-3-13(16)11-15(14)20-10-9-18-7-5-17(2)6-8-18/h3-4,11-12,19H,5-10H2,1-2H3/t12-/m1/s1. The van der Waals surface area contributed by atoms with Gasteiger partial charge in [0.1, 0.15) is 12.4 Å². The topological polar surface area (TPSA) is 35.9 Å². The molecule has 1 saturated heterocycles. The highest BCUT2D eigenvalue weighted by molar-refractivity contribution is 9.10. The molecule has 1 atom stereocenters. The third-order valence-corrected chi connectivity index (χ3v) is 4.18. The van der Waals surface area contributed by atoms with Crippen molar-refractivity contribution >= 4 is 15.9 Å². The van der Waals surface area contributed by atoms with E-state index in [0.717, 1.165) is 48.5 Å². The molecule has 5 heteroatoms. The van der Waals surface area contributed by atoms with Crippen LogP contribution >= 0.6 is 15.9 Å². The van der Waals surface area contributed by atoms with E-state index in [1.807, 2.05) is 18.2 Å². The Morgan fingerprint density at radius 2 is 2.00 bits per heavy atom. The minimum atomic E-state index is -0.512. The van der Waals surface area contributed by atoms with Gasteiger partial charge in [0.05, 0.1) is 6.10 Å². The highest BCUT2D eigenvalue weighted by Crippen LogP contribution is 2.28. The molecule has 1 aromatic carbocycles. The number of aliphatic hydroxyl groups is 1. The fraction of sp³-hybridized carbons (Fsp3) is 0.600. The van der Waals surface area contributed by atoms with E-state index < -0.39 is 6.10 Å². The Bertz CT molecular complexity index is 432. The van der Waals surface area contributed by atoms with Crippen molar-refractivity contribution in [3.63, 3.8) is 0 Å². The zero-order valence-corrected chi connectivity index (χ0v) is 13.8. The summed E-state index contributed by atoms with van der Waals surface area (Å²) in [7, 11) is 2.16. The molecule has 0 amide bonds. The number of ether oxygens (including phenoxy) is 1. The summed E-state index contributed by atoms with van der Waals surface area (Å²) in [4.78, 5) is 4.76. The van der Waals surface area contributed by atoms with Crippen LogP contribution in [0.5, 0.6) is 5.75 Å². The van der Waals surface area contributed by atoms with Gasteiger partial charge in [0.25, 0.3) is 0 Å². The molecule has 0 radical (unpaired) electrons. The molecular formula is C15H23BrN2O2. The zero-order valence-electron chi connectivity index (χ0n) is 12.2. The van der Waals surface area contributed by atoms with Gasteiger partial charge in [-0.15, -0.1) is 0 Å². The Kier molecular flexibility index (Phi) is 5.84. The van der Waals surface area contributed by atoms with Crippen LogP contribution < -0.4 is 4.74 Å². The highest BCUT2D eigenvalue weighted by Gasteiger charge is 2.14. The second-order valence-corrected chi connectivity index (χ2v) is 6.27. The summed E-state index contributed by atoms with van der Waals surface area (Å²) < 4.78 is 6.83. The Morgan fingerprint density at radius 3 is 2.65 bits per heavy atom. The minimum absolute atomic E-state index is 0.512. The van der Waals surface area contributed by atoms with Crippen LogP contribution in [0.2, 0.25) is 0 Å². The first kappa shape index (κ1) is 15.8. The summed E-state index contributed by atoms with van der Waals surface area (Å²) in [6.45, 7) is 7.78. The van der Waals surface area contributed by atoms with Crippen molar-refractivity contribution in [3.8, 4) is 5.75 Å². The first-order valence-corrected chi connectivity index (χ1v) is 7.87. The molecule has 1 aliphatic rings. The van der Waals surface area contributed by atoms with Gasteiger partial charge in [-0.1, -0.05) is 22.0 Å². The maximum absolute atomic E-state index is 9.76. The number of piperazine rings is 1. The van der Waals surface area contributed by atoms with Gasteiger partial charge in [0, 0.05) is 42.8 Å². The summed E-state index contributed by atoms with van der Waals surface area (Å²) in [6, 6.07) is 5.75. The molecule has 0 aromatic heterocycles. The van der Waals surface area contributed by atoms with Gasteiger partial charge in [-0.05, 0) is 26.1 Å². The maximum atomic E-state index is 9.76. The Labute approximate surface area is 129 Å². The van der Waals surface area contributed by atoms with Crippen molar-refractivity contribution in [2.75, 3.05) is 46.4 Å². The molecule has 1 heterocycles. The molecule has 0 aliphatic carbocycles. The molecule has 1 aliphatic heterocycles. The van der Waals surface area contributed by atoms with E-state index in [1.165, 1.54) is 0 Å². The quantitative estimate of drug-likeness (QED) is 0.889. The number of likely N-dealkylation sites (N-methyl/N-ethyl adjacent to an activating group) is 1. The lowest BCUT2D eigenvalue weighted by Crippen LogP contribution is -2.45. The van der Waals surface area contributed by atoms with Gasteiger partial charge >= 0.3 is 0 Å². The third kappa shape index (κ3) is 4.45. The number of rotatable bonds is 5. The van der Waals surface area contributed by atoms with E-state index in [4.69, 9.17) is 4.74 Å². The number of benzene rings is 1. The Hall–Kier alpha value is -0.620. The molecule has 1 aromatic rings. The second-order valence-electron chi connectivity index (χ2n) is 5.35. The van der Waals surface area contributed by atoms with Crippen molar-refractivity contribution in [2.45, 2.75) is 13.0 Å². The molecule has 0 saturated carbocycles. The molecule has 0 spiro atoms. The Morgan fingerprint density at radius 1 is 1.30 bits per heavy atom. The minimum Gasteiger partial charge on any atom is -0.492 e. The van der Waals surface area contributed by atoms with E-state index in [1.54, 1.807) is 6.92 Å². The summed E-state index contributed by atoms with van der Waals surface area (Å²) >= 11 is 3.44. The summed E-state index contributed by atoms with van der Waals surface area (Å²) in [5, 5.41) is 9.76. The van der Waals surface area contributed by atoms with Crippen molar-refractivity contribution in [3.05, 3.63) is 28.2 Å². The predicted molar refractivity (Wildman–Crippen MR) is 84.2 cm³/mol. The van der Waals surface area contributed by atoms with E-state index >= 15 is 0 Å². The van der Waals surface area contributed by atoms with Crippen LogP contribution in [-0.4, -0.2) is 61.3 Å². The van der Waals surface area contributed by atoms with E-state index in [9.17, 15) is 5.11 Å². The monoisotopic (exact) mass is 342 g/mol. The van der Waals surface area contributed by atoms with Crippen molar-refractivity contribution in [2.24, 2.45) is 0 Å². The van der Waals surface area contributed by atoms with Crippen LogP contribution in [0.1, 0.15) is 18.6 Å². The molecule has 1 N–H and O–H groups in total. The zero-order chi connectivity index (χ0) is 14.5. The SMILES string of the molecule is C[C@@H](O)c1ccc(Br)cc1OCCN1CCN(C)CC1. The first-order valence-electron chi connectivity index (χ1n) is 7.07. The number of aliphatic hydroxyl groups excluding tert-OH is 1. The van der Waals surface area contributed by atoms with Crippen LogP contribution in [0.25, 0.3) is 0 Å². The van der Waals surface area contributed by atoms with Gasteiger partial charge in [-0.3, -0.25) is 4.90 Å². The average Bonchev–Trinajstić information content (AvgIpc) is 2.41. The molecule has 4 nitrogen and oxygen atoms in total. The lowest BCUT2D eigenvalue weighted by atomic mass is 10.1. The number of hydrogen-bond acceptors (Lipinski definition) is 4. The third-order valence-electron chi connectivity index (χ3n) is 3.69. The number of hydrogen-bond donors (Lipinski definition) is 1. The van der Waals surface area contributed by atoms with Gasteiger partial charge < -0.3 is 14.7 Å². The number of halogens is 1. The summed E-state index contributed by atoms with van der Waals surface area (Å²) in [5.74, 6) is 0.767. The molecule has 112 valence electrons. The van der Waals surface area contributed by atoms with Crippen LogP contribution in [0.15, 0.2) is 22.7 Å². The fourth-order valence-corrected chi connectivity index (χ4v) is 2.67. The van der Waals surface area contributed by atoms with Gasteiger partial charge in [-0.2, -0.15) is 0 Å². The van der Waals surface area contributed by atoms with Crippen LogP contribution in [0.3, 0.4) is 0 Å². The molecular weight excluding hydrogens is 320 g/mol. The first-order chi connectivity index (χ1) is 9.56. The van der Waals surface area contributed by atoms with Gasteiger partial charge in [0.2, 0.25) is 0 Å².